The molecule has 0 spiro atoms. The summed E-state index contributed by atoms with van der Waals surface area (Å²) in [5.74, 6) is -2.45. The van der Waals surface area contributed by atoms with Crippen LogP contribution in [0.3, 0.4) is 0 Å². The lowest BCUT2D eigenvalue weighted by molar-refractivity contribution is 0.251. The van der Waals surface area contributed by atoms with Crippen LogP contribution >= 0.6 is 0 Å². The first-order valence-corrected chi connectivity index (χ1v) is 7.06. The van der Waals surface area contributed by atoms with Gasteiger partial charge in [0, 0.05) is 6.07 Å². The normalized spacial score (nSPS) is 10.5. The Morgan fingerprint density at radius 3 is 2.60 bits per heavy atom. The van der Waals surface area contributed by atoms with Crippen LogP contribution in [0.4, 0.5) is 23.7 Å². The molecule has 0 atom stereocenters. The number of urea groups is 1. The van der Waals surface area contributed by atoms with Crippen LogP contribution in [0.2, 0.25) is 0 Å². The van der Waals surface area contributed by atoms with E-state index in [9.17, 15) is 18.0 Å². The highest BCUT2D eigenvalue weighted by atomic mass is 19.2. The van der Waals surface area contributed by atoms with E-state index in [0.717, 1.165) is 16.8 Å². The fourth-order valence-corrected chi connectivity index (χ4v) is 2.02. The quantitative estimate of drug-likeness (QED) is 0.758. The van der Waals surface area contributed by atoms with Crippen molar-refractivity contribution < 1.29 is 18.0 Å². The molecule has 2 aromatic carbocycles. The van der Waals surface area contributed by atoms with Crippen LogP contribution in [0, 0.1) is 17.5 Å². The maximum Gasteiger partial charge on any atom is 0.319 e. The summed E-state index contributed by atoms with van der Waals surface area (Å²) in [6.45, 7) is -0.119. The van der Waals surface area contributed by atoms with Crippen molar-refractivity contribution in [3.05, 3.63) is 65.7 Å². The Morgan fingerprint density at radius 1 is 1.04 bits per heavy atom. The third kappa shape index (κ3) is 3.74. The molecule has 0 unspecified atom stereocenters. The van der Waals surface area contributed by atoms with E-state index >= 15 is 0 Å². The van der Waals surface area contributed by atoms with Gasteiger partial charge in [0.05, 0.1) is 17.9 Å². The van der Waals surface area contributed by atoms with Crippen molar-refractivity contribution in [3.63, 3.8) is 0 Å². The molecule has 25 heavy (non-hydrogen) atoms. The molecule has 7 nitrogen and oxygen atoms in total. The summed E-state index contributed by atoms with van der Waals surface area (Å²) in [6.07, 6.45) is 0. The van der Waals surface area contributed by atoms with Crippen LogP contribution in [0.25, 0.3) is 5.69 Å². The second-order valence-electron chi connectivity index (χ2n) is 4.89. The molecule has 1 heterocycles. The van der Waals surface area contributed by atoms with Crippen LogP contribution in [-0.2, 0) is 6.54 Å². The fourth-order valence-electron chi connectivity index (χ4n) is 2.02. The molecule has 2 amide bonds. The van der Waals surface area contributed by atoms with Gasteiger partial charge in [0.25, 0.3) is 0 Å². The second kappa shape index (κ2) is 6.99. The summed E-state index contributed by atoms with van der Waals surface area (Å²) in [6, 6.07) is 8.15. The number of halogens is 3. The summed E-state index contributed by atoms with van der Waals surface area (Å²) >= 11 is 0. The van der Waals surface area contributed by atoms with Gasteiger partial charge in [0.1, 0.15) is 5.82 Å². The Labute approximate surface area is 139 Å². The van der Waals surface area contributed by atoms with E-state index in [4.69, 9.17) is 0 Å². The number of nitrogens with zero attached hydrogens (tertiary/aromatic N) is 4. The number of nitrogens with one attached hydrogen (secondary N) is 2. The molecule has 0 bridgehead atoms. The van der Waals surface area contributed by atoms with Crippen molar-refractivity contribution in [1.29, 1.82) is 0 Å². The molecular weight excluding hydrogens is 337 g/mol. The monoisotopic (exact) mass is 348 g/mol. The Hall–Kier alpha value is -3.43. The number of rotatable bonds is 4. The molecule has 0 aliphatic rings. The molecule has 3 rings (SSSR count). The number of para-hydroxylation sites is 1. The average molecular weight is 348 g/mol. The first kappa shape index (κ1) is 16.4. The van der Waals surface area contributed by atoms with Crippen LogP contribution in [0.1, 0.15) is 5.82 Å². The van der Waals surface area contributed by atoms with E-state index in [1.165, 1.54) is 24.3 Å². The van der Waals surface area contributed by atoms with Gasteiger partial charge in [-0.1, -0.05) is 12.1 Å². The molecular formula is C15H11F3N6O. The molecule has 2 N–H and O–H groups in total. The SMILES string of the molecule is O=C(NCc1nnnn1-c1ccc(F)c(F)c1)Nc1ccccc1F. The van der Waals surface area contributed by atoms with Gasteiger partial charge in [-0.3, -0.25) is 0 Å². The van der Waals surface area contributed by atoms with E-state index in [1.54, 1.807) is 6.07 Å². The number of aromatic nitrogens is 4. The highest BCUT2D eigenvalue weighted by Gasteiger charge is 2.12. The van der Waals surface area contributed by atoms with Gasteiger partial charge in [0.2, 0.25) is 0 Å². The van der Waals surface area contributed by atoms with Crippen molar-refractivity contribution >= 4 is 11.7 Å². The average Bonchev–Trinajstić information content (AvgIpc) is 3.06. The number of hydrogen-bond donors (Lipinski definition) is 2. The third-order valence-electron chi connectivity index (χ3n) is 3.21. The van der Waals surface area contributed by atoms with Crippen LogP contribution in [-0.4, -0.2) is 26.2 Å². The number of amides is 2. The van der Waals surface area contributed by atoms with Crippen LogP contribution in [0.5, 0.6) is 0 Å². The van der Waals surface area contributed by atoms with E-state index in [2.05, 4.69) is 26.2 Å². The third-order valence-corrected chi connectivity index (χ3v) is 3.21. The van der Waals surface area contributed by atoms with Gasteiger partial charge in [0.15, 0.2) is 17.5 Å². The number of carbonyl (C=O) groups is 1. The lowest BCUT2D eigenvalue weighted by Gasteiger charge is -2.08. The number of carbonyl (C=O) groups excluding carboxylic acids is 1. The van der Waals surface area contributed by atoms with Crippen molar-refractivity contribution in [2.45, 2.75) is 6.54 Å². The van der Waals surface area contributed by atoms with Gasteiger partial charge in [-0.15, -0.1) is 5.10 Å². The minimum atomic E-state index is -1.05. The predicted molar refractivity (Wildman–Crippen MR) is 81.3 cm³/mol. The van der Waals surface area contributed by atoms with Gasteiger partial charge in [-0.25, -0.2) is 18.0 Å². The first-order chi connectivity index (χ1) is 12.0. The minimum absolute atomic E-state index is 0.0141. The van der Waals surface area contributed by atoms with Crippen molar-refractivity contribution in [1.82, 2.24) is 25.5 Å². The molecule has 1 aromatic heterocycles. The van der Waals surface area contributed by atoms with Gasteiger partial charge < -0.3 is 10.6 Å². The molecule has 0 fully saturated rings. The van der Waals surface area contributed by atoms with E-state index in [0.29, 0.717) is 0 Å². The Kier molecular flexibility index (Phi) is 4.59. The number of tetrazole rings is 1. The molecule has 10 heteroatoms. The minimum Gasteiger partial charge on any atom is -0.330 e. The second-order valence-corrected chi connectivity index (χ2v) is 4.89. The van der Waals surface area contributed by atoms with Crippen molar-refractivity contribution in [2.24, 2.45) is 0 Å². The molecule has 0 radical (unpaired) electrons. The van der Waals surface area contributed by atoms with Crippen LogP contribution in [0.15, 0.2) is 42.5 Å². The largest absolute Gasteiger partial charge is 0.330 e. The molecule has 0 saturated carbocycles. The molecule has 128 valence electrons. The number of benzene rings is 2. The van der Waals surface area contributed by atoms with Crippen molar-refractivity contribution in [2.75, 3.05) is 5.32 Å². The number of anilines is 1. The highest BCUT2D eigenvalue weighted by Crippen LogP contribution is 2.14. The first-order valence-electron chi connectivity index (χ1n) is 7.06. The summed E-state index contributed by atoms with van der Waals surface area (Å²) in [5.41, 5.74) is 0.204. The van der Waals surface area contributed by atoms with E-state index in [1.807, 2.05) is 0 Å². The summed E-state index contributed by atoms with van der Waals surface area (Å²) in [4.78, 5) is 11.8. The summed E-state index contributed by atoms with van der Waals surface area (Å²) < 4.78 is 40.9. The molecule has 0 saturated heterocycles. The Balaban J connectivity index is 1.68. The molecule has 0 aliphatic heterocycles. The maximum absolute atomic E-state index is 13.5. The summed E-state index contributed by atoms with van der Waals surface area (Å²) in [5, 5.41) is 15.6. The van der Waals surface area contributed by atoms with Gasteiger partial charge >= 0.3 is 6.03 Å². The maximum atomic E-state index is 13.5. The Bertz CT molecular complexity index is 914. The fraction of sp³-hybridized carbons (Fsp3) is 0.0667. The van der Waals surface area contributed by atoms with Gasteiger partial charge in [-0.05, 0) is 34.7 Å². The number of hydrogen-bond acceptors (Lipinski definition) is 4. The highest BCUT2D eigenvalue weighted by molar-refractivity contribution is 5.89. The lowest BCUT2D eigenvalue weighted by Crippen LogP contribution is -2.29. The van der Waals surface area contributed by atoms with Crippen molar-refractivity contribution in [3.8, 4) is 5.69 Å². The molecule has 0 aliphatic carbocycles. The zero-order valence-electron chi connectivity index (χ0n) is 12.6. The Morgan fingerprint density at radius 2 is 1.84 bits per heavy atom. The zero-order chi connectivity index (χ0) is 17.8. The van der Waals surface area contributed by atoms with E-state index < -0.39 is 23.5 Å². The smallest absolute Gasteiger partial charge is 0.319 e. The summed E-state index contributed by atoms with van der Waals surface area (Å²) in [7, 11) is 0. The van der Waals surface area contributed by atoms with Gasteiger partial charge in [-0.2, -0.15) is 4.68 Å². The topological polar surface area (TPSA) is 84.7 Å². The lowest BCUT2D eigenvalue weighted by atomic mass is 10.3. The zero-order valence-corrected chi connectivity index (χ0v) is 12.6. The van der Waals surface area contributed by atoms with E-state index in [-0.39, 0.29) is 23.7 Å². The van der Waals surface area contributed by atoms with Crippen LogP contribution < -0.4 is 10.6 Å². The predicted octanol–water partition coefficient (Wildman–Crippen LogP) is 2.40. The molecule has 3 aromatic rings. The standard InChI is InChI=1S/C15H11F3N6O/c16-10-6-5-9(7-12(10)18)24-14(21-22-23-24)8-19-15(25)20-13-4-2-1-3-11(13)17/h1-7H,8H2,(H2,19,20,25).